The van der Waals surface area contributed by atoms with Gasteiger partial charge < -0.3 is 10.2 Å². The first-order chi connectivity index (χ1) is 9.42. The van der Waals surface area contributed by atoms with Gasteiger partial charge in [-0.15, -0.1) is 0 Å². The van der Waals surface area contributed by atoms with Gasteiger partial charge in [0, 0.05) is 31.5 Å². The number of nitrogens with one attached hydrogen (secondary N) is 1. The maximum atomic E-state index is 4.40. The number of pyridine rings is 1. The SMILES string of the molecule is c1ccc(N2CCC(Nc3ccncn3)CC2)nc1. The smallest absolute Gasteiger partial charge is 0.129 e. The molecule has 0 atom stereocenters. The van der Waals surface area contributed by atoms with E-state index in [1.165, 1.54) is 0 Å². The van der Waals surface area contributed by atoms with Crippen LogP contribution in [0.3, 0.4) is 0 Å². The van der Waals surface area contributed by atoms with Crippen molar-refractivity contribution in [3.8, 4) is 0 Å². The van der Waals surface area contributed by atoms with Crippen molar-refractivity contribution in [3.05, 3.63) is 43.0 Å². The Kier molecular flexibility index (Phi) is 3.54. The summed E-state index contributed by atoms with van der Waals surface area (Å²) in [7, 11) is 0. The van der Waals surface area contributed by atoms with Crippen LogP contribution in [0.1, 0.15) is 12.8 Å². The van der Waals surface area contributed by atoms with Gasteiger partial charge in [0.1, 0.15) is 18.0 Å². The van der Waals surface area contributed by atoms with E-state index < -0.39 is 0 Å². The summed E-state index contributed by atoms with van der Waals surface area (Å²) < 4.78 is 0. The second-order valence-electron chi connectivity index (χ2n) is 4.69. The van der Waals surface area contributed by atoms with Gasteiger partial charge in [-0.25, -0.2) is 15.0 Å². The van der Waals surface area contributed by atoms with Crippen molar-refractivity contribution in [3.63, 3.8) is 0 Å². The zero-order valence-corrected chi connectivity index (χ0v) is 10.7. The largest absolute Gasteiger partial charge is 0.367 e. The molecule has 3 rings (SSSR count). The van der Waals surface area contributed by atoms with Crippen molar-refractivity contribution in [2.24, 2.45) is 0 Å². The molecule has 0 radical (unpaired) electrons. The summed E-state index contributed by atoms with van der Waals surface area (Å²) >= 11 is 0. The fourth-order valence-electron chi connectivity index (χ4n) is 2.38. The topological polar surface area (TPSA) is 53.9 Å². The molecule has 2 aromatic heterocycles. The number of nitrogens with zero attached hydrogens (tertiary/aromatic N) is 4. The summed E-state index contributed by atoms with van der Waals surface area (Å²) in [6.07, 6.45) is 7.38. The Labute approximate surface area is 112 Å². The van der Waals surface area contributed by atoms with Crippen LogP contribution in [0.2, 0.25) is 0 Å². The van der Waals surface area contributed by atoms with E-state index in [1.54, 1.807) is 12.5 Å². The fraction of sp³-hybridized carbons (Fsp3) is 0.357. The van der Waals surface area contributed by atoms with Gasteiger partial charge in [-0.2, -0.15) is 0 Å². The van der Waals surface area contributed by atoms with E-state index in [1.807, 2.05) is 24.4 Å². The van der Waals surface area contributed by atoms with Gasteiger partial charge in [-0.05, 0) is 31.0 Å². The van der Waals surface area contributed by atoms with Crippen LogP contribution in [-0.4, -0.2) is 34.1 Å². The van der Waals surface area contributed by atoms with Gasteiger partial charge in [0.05, 0.1) is 0 Å². The second kappa shape index (κ2) is 5.65. The standard InChI is InChI=1S/C14H17N5/c1-2-7-16-14(3-1)19-9-5-12(6-10-19)18-13-4-8-15-11-17-13/h1-4,7-8,11-12H,5-6,9-10H2,(H,15,17,18). The third kappa shape index (κ3) is 2.99. The Morgan fingerprint density at radius 3 is 2.63 bits per heavy atom. The van der Waals surface area contributed by atoms with E-state index in [0.29, 0.717) is 6.04 Å². The number of hydrogen-bond acceptors (Lipinski definition) is 5. The molecule has 5 nitrogen and oxygen atoms in total. The molecule has 19 heavy (non-hydrogen) atoms. The van der Waals surface area contributed by atoms with E-state index in [4.69, 9.17) is 0 Å². The lowest BCUT2D eigenvalue weighted by atomic mass is 10.1. The Morgan fingerprint density at radius 1 is 1.05 bits per heavy atom. The van der Waals surface area contributed by atoms with Gasteiger partial charge in [0.25, 0.3) is 0 Å². The average Bonchev–Trinajstić information content (AvgIpc) is 2.50. The van der Waals surface area contributed by atoms with Gasteiger partial charge in [0.2, 0.25) is 0 Å². The van der Waals surface area contributed by atoms with Crippen molar-refractivity contribution in [1.29, 1.82) is 0 Å². The maximum Gasteiger partial charge on any atom is 0.129 e. The zero-order chi connectivity index (χ0) is 12.9. The van der Waals surface area contributed by atoms with Crippen LogP contribution in [-0.2, 0) is 0 Å². The molecule has 0 amide bonds. The third-order valence-corrected chi connectivity index (χ3v) is 3.40. The van der Waals surface area contributed by atoms with Crippen LogP contribution < -0.4 is 10.2 Å². The molecule has 1 fully saturated rings. The number of rotatable bonds is 3. The van der Waals surface area contributed by atoms with Crippen LogP contribution in [0, 0.1) is 0 Å². The van der Waals surface area contributed by atoms with Crippen molar-refractivity contribution in [1.82, 2.24) is 15.0 Å². The molecule has 1 aliphatic rings. The van der Waals surface area contributed by atoms with E-state index >= 15 is 0 Å². The summed E-state index contributed by atoms with van der Waals surface area (Å²) in [5.41, 5.74) is 0. The average molecular weight is 255 g/mol. The van der Waals surface area contributed by atoms with Crippen molar-refractivity contribution in [2.45, 2.75) is 18.9 Å². The normalized spacial score (nSPS) is 16.3. The molecule has 0 saturated carbocycles. The van der Waals surface area contributed by atoms with E-state index in [0.717, 1.165) is 37.6 Å². The first kappa shape index (κ1) is 11.9. The molecule has 3 heterocycles. The Morgan fingerprint density at radius 2 is 1.95 bits per heavy atom. The van der Waals surface area contributed by atoms with E-state index in [2.05, 4.69) is 31.2 Å². The number of aromatic nitrogens is 3. The molecule has 2 aromatic rings. The molecule has 0 aliphatic carbocycles. The molecule has 0 spiro atoms. The minimum Gasteiger partial charge on any atom is -0.367 e. The minimum atomic E-state index is 0.481. The van der Waals surface area contributed by atoms with Crippen LogP contribution >= 0.6 is 0 Å². The fourth-order valence-corrected chi connectivity index (χ4v) is 2.38. The summed E-state index contributed by atoms with van der Waals surface area (Å²) in [5.74, 6) is 1.98. The lowest BCUT2D eigenvalue weighted by Gasteiger charge is -2.33. The van der Waals surface area contributed by atoms with Crippen LogP contribution in [0.5, 0.6) is 0 Å². The van der Waals surface area contributed by atoms with E-state index in [-0.39, 0.29) is 0 Å². The molecule has 0 aromatic carbocycles. The predicted molar refractivity (Wildman–Crippen MR) is 75.1 cm³/mol. The van der Waals surface area contributed by atoms with Gasteiger partial charge >= 0.3 is 0 Å². The second-order valence-corrected chi connectivity index (χ2v) is 4.69. The Bertz CT molecular complexity index is 494. The number of piperidine rings is 1. The number of hydrogen-bond donors (Lipinski definition) is 1. The maximum absolute atomic E-state index is 4.40. The lowest BCUT2D eigenvalue weighted by Crippen LogP contribution is -2.39. The summed E-state index contributed by atoms with van der Waals surface area (Å²) in [6.45, 7) is 2.06. The summed E-state index contributed by atoms with van der Waals surface area (Å²) in [6, 6.07) is 8.44. The van der Waals surface area contributed by atoms with Crippen LogP contribution in [0.15, 0.2) is 43.0 Å². The highest BCUT2D eigenvalue weighted by atomic mass is 15.2. The molecular formula is C14H17N5. The molecular weight excluding hydrogens is 238 g/mol. The van der Waals surface area contributed by atoms with Crippen LogP contribution in [0.4, 0.5) is 11.6 Å². The Balaban J connectivity index is 1.55. The lowest BCUT2D eigenvalue weighted by molar-refractivity contribution is 0.522. The van der Waals surface area contributed by atoms with Crippen LogP contribution in [0.25, 0.3) is 0 Å². The van der Waals surface area contributed by atoms with E-state index in [9.17, 15) is 0 Å². The zero-order valence-electron chi connectivity index (χ0n) is 10.7. The highest BCUT2D eigenvalue weighted by Crippen LogP contribution is 2.19. The van der Waals surface area contributed by atoms with Crippen molar-refractivity contribution < 1.29 is 0 Å². The molecule has 0 bridgehead atoms. The molecule has 1 saturated heterocycles. The first-order valence-corrected chi connectivity index (χ1v) is 6.60. The van der Waals surface area contributed by atoms with Crippen molar-refractivity contribution >= 4 is 11.6 Å². The summed E-state index contributed by atoms with van der Waals surface area (Å²) in [5, 5.41) is 3.45. The summed E-state index contributed by atoms with van der Waals surface area (Å²) in [4.78, 5) is 14.9. The highest BCUT2D eigenvalue weighted by Gasteiger charge is 2.19. The first-order valence-electron chi connectivity index (χ1n) is 6.60. The highest BCUT2D eigenvalue weighted by molar-refractivity contribution is 5.39. The van der Waals surface area contributed by atoms with Gasteiger partial charge in [-0.1, -0.05) is 6.07 Å². The quantitative estimate of drug-likeness (QED) is 0.908. The monoisotopic (exact) mass is 255 g/mol. The molecule has 5 heteroatoms. The Hall–Kier alpha value is -2.17. The van der Waals surface area contributed by atoms with Gasteiger partial charge in [0.15, 0.2) is 0 Å². The molecule has 1 N–H and O–H groups in total. The predicted octanol–water partition coefficient (Wildman–Crippen LogP) is 1.95. The van der Waals surface area contributed by atoms with Crippen molar-refractivity contribution in [2.75, 3.05) is 23.3 Å². The third-order valence-electron chi connectivity index (χ3n) is 3.40. The molecule has 1 aliphatic heterocycles. The molecule has 98 valence electrons. The minimum absolute atomic E-state index is 0.481. The number of anilines is 2. The molecule has 0 unspecified atom stereocenters. The van der Waals surface area contributed by atoms with Gasteiger partial charge in [-0.3, -0.25) is 0 Å².